The van der Waals surface area contributed by atoms with E-state index in [0.29, 0.717) is 18.2 Å². The molecule has 0 aliphatic heterocycles. The van der Waals surface area contributed by atoms with Gasteiger partial charge in [-0.3, -0.25) is 5.41 Å². The Morgan fingerprint density at radius 3 is 2.82 bits per heavy atom. The molecule has 0 saturated heterocycles. The molecule has 0 amide bonds. The van der Waals surface area contributed by atoms with Gasteiger partial charge in [0.05, 0.1) is 6.61 Å². The first kappa shape index (κ1) is 11.9. The van der Waals surface area contributed by atoms with Crippen LogP contribution in [0.4, 0.5) is 5.82 Å². The highest BCUT2D eigenvalue weighted by Crippen LogP contribution is 2.30. The minimum Gasteiger partial charge on any atom is -0.384 e. The molecule has 17 heavy (non-hydrogen) atoms. The molecule has 1 aromatic rings. The average molecular weight is 234 g/mol. The van der Waals surface area contributed by atoms with Crippen LogP contribution in [0.3, 0.4) is 0 Å². The number of amidine groups is 1. The van der Waals surface area contributed by atoms with Gasteiger partial charge in [-0.15, -0.1) is 0 Å². The molecule has 0 radical (unpaired) electrons. The van der Waals surface area contributed by atoms with Crippen molar-refractivity contribution in [1.29, 1.82) is 5.41 Å². The molecule has 0 spiro atoms. The van der Waals surface area contributed by atoms with Gasteiger partial charge in [0.1, 0.15) is 11.7 Å². The summed E-state index contributed by atoms with van der Waals surface area (Å²) in [6, 6.07) is 4.36. The molecule has 0 aromatic carbocycles. The summed E-state index contributed by atoms with van der Waals surface area (Å²) in [4.78, 5) is 6.62. The van der Waals surface area contributed by atoms with Crippen LogP contribution >= 0.6 is 0 Å². The first-order valence-electron chi connectivity index (χ1n) is 5.78. The van der Waals surface area contributed by atoms with E-state index in [9.17, 15) is 0 Å². The van der Waals surface area contributed by atoms with Crippen LogP contribution < -0.4 is 10.6 Å². The molecule has 1 aliphatic carbocycles. The zero-order chi connectivity index (χ0) is 12.3. The summed E-state index contributed by atoms with van der Waals surface area (Å²) >= 11 is 0. The fraction of sp³-hybridized carbons (Fsp3) is 0.500. The lowest BCUT2D eigenvalue weighted by atomic mass is 10.2. The van der Waals surface area contributed by atoms with E-state index in [2.05, 4.69) is 9.88 Å². The Labute approximate surface area is 101 Å². The van der Waals surface area contributed by atoms with Gasteiger partial charge in [0.25, 0.3) is 0 Å². The molecular weight excluding hydrogens is 216 g/mol. The maximum Gasteiger partial charge on any atom is 0.128 e. The van der Waals surface area contributed by atoms with E-state index in [1.807, 2.05) is 12.1 Å². The molecule has 1 fully saturated rings. The lowest BCUT2D eigenvalue weighted by molar-refractivity contribution is 0.204. The van der Waals surface area contributed by atoms with Crippen LogP contribution in [0, 0.1) is 5.41 Å². The summed E-state index contributed by atoms with van der Waals surface area (Å²) in [6.45, 7) is 1.56. The van der Waals surface area contributed by atoms with Gasteiger partial charge >= 0.3 is 0 Å². The van der Waals surface area contributed by atoms with Crippen LogP contribution in [-0.2, 0) is 4.74 Å². The Kier molecular flexibility index (Phi) is 3.58. The zero-order valence-corrected chi connectivity index (χ0v) is 10.0. The highest BCUT2D eigenvalue weighted by molar-refractivity contribution is 5.94. The number of rotatable bonds is 6. The second kappa shape index (κ2) is 5.14. The van der Waals surface area contributed by atoms with Crippen LogP contribution in [0.1, 0.15) is 18.4 Å². The predicted molar refractivity (Wildman–Crippen MR) is 67.5 cm³/mol. The van der Waals surface area contributed by atoms with Gasteiger partial charge in [-0.05, 0) is 25.0 Å². The molecule has 92 valence electrons. The normalized spacial score (nSPS) is 14.6. The molecule has 0 atom stereocenters. The van der Waals surface area contributed by atoms with E-state index in [1.165, 1.54) is 12.8 Å². The Balaban J connectivity index is 2.09. The number of methoxy groups -OCH3 is 1. The second-order valence-corrected chi connectivity index (χ2v) is 4.24. The molecule has 1 saturated carbocycles. The van der Waals surface area contributed by atoms with Gasteiger partial charge in [-0.2, -0.15) is 0 Å². The van der Waals surface area contributed by atoms with Crippen molar-refractivity contribution >= 4 is 11.7 Å². The van der Waals surface area contributed by atoms with Crippen molar-refractivity contribution in [2.45, 2.75) is 18.9 Å². The van der Waals surface area contributed by atoms with E-state index in [1.54, 1.807) is 13.3 Å². The third-order valence-corrected chi connectivity index (χ3v) is 2.88. The molecule has 5 heteroatoms. The van der Waals surface area contributed by atoms with Gasteiger partial charge in [-0.25, -0.2) is 4.98 Å². The number of anilines is 1. The van der Waals surface area contributed by atoms with Gasteiger partial charge < -0.3 is 15.4 Å². The van der Waals surface area contributed by atoms with E-state index in [4.69, 9.17) is 15.9 Å². The highest BCUT2D eigenvalue weighted by atomic mass is 16.5. The number of nitrogens with zero attached hydrogens (tertiary/aromatic N) is 2. The van der Waals surface area contributed by atoms with Crippen molar-refractivity contribution in [3.63, 3.8) is 0 Å². The molecule has 2 rings (SSSR count). The van der Waals surface area contributed by atoms with E-state index >= 15 is 0 Å². The number of nitrogens with one attached hydrogen (secondary N) is 1. The molecule has 1 aliphatic rings. The Hall–Kier alpha value is -1.62. The van der Waals surface area contributed by atoms with Crippen LogP contribution in [0.2, 0.25) is 0 Å². The van der Waals surface area contributed by atoms with Crippen LogP contribution in [0.5, 0.6) is 0 Å². The summed E-state index contributed by atoms with van der Waals surface area (Å²) < 4.78 is 5.11. The lowest BCUT2D eigenvalue weighted by Crippen LogP contribution is -2.30. The highest BCUT2D eigenvalue weighted by Gasteiger charge is 2.29. The zero-order valence-electron chi connectivity index (χ0n) is 10.0. The number of hydrogen-bond acceptors (Lipinski definition) is 4. The van der Waals surface area contributed by atoms with Crippen LogP contribution in [0.15, 0.2) is 18.3 Å². The van der Waals surface area contributed by atoms with Crippen molar-refractivity contribution in [1.82, 2.24) is 4.98 Å². The van der Waals surface area contributed by atoms with E-state index in [0.717, 1.165) is 12.4 Å². The molecular formula is C12H18N4O. The fourth-order valence-corrected chi connectivity index (χ4v) is 1.78. The largest absolute Gasteiger partial charge is 0.384 e. The molecule has 0 bridgehead atoms. The third kappa shape index (κ3) is 2.94. The molecule has 3 N–H and O–H groups in total. The van der Waals surface area contributed by atoms with Crippen molar-refractivity contribution in [2.24, 2.45) is 5.73 Å². The maximum atomic E-state index is 7.33. The summed E-state index contributed by atoms with van der Waals surface area (Å²) in [6.07, 6.45) is 4.10. The SMILES string of the molecule is COCCN(c1ccc(C(=N)N)cn1)C1CC1. The van der Waals surface area contributed by atoms with E-state index in [-0.39, 0.29) is 5.84 Å². The summed E-state index contributed by atoms with van der Waals surface area (Å²) in [5, 5.41) is 7.33. The quantitative estimate of drug-likeness (QED) is 0.568. The topological polar surface area (TPSA) is 75.2 Å². The van der Waals surface area contributed by atoms with Crippen LogP contribution in [0.25, 0.3) is 0 Å². The number of ether oxygens (including phenoxy) is 1. The van der Waals surface area contributed by atoms with Crippen LogP contribution in [-0.4, -0.2) is 37.1 Å². The number of hydrogen-bond donors (Lipinski definition) is 2. The molecule has 0 unspecified atom stereocenters. The number of aromatic nitrogens is 1. The van der Waals surface area contributed by atoms with Crippen molar-refractivity contribution in [3.05, 3.63) is 23.9 Å². The molecule has 5 nitrogen and oxygen atoms in total. The fourth-order valence-electron chi connectivity index (χ4n) is 1.78. The monoisotopic (exact) mass is 234 g/mol. The van der Waals surface area contributed by atoms with Gasteiger partial charge in [0, 0.05) is 31.5 Å². The van der Waals surface area contributed by atoms with E-state index < -0.39 is 0 Å². The van der Waals surface area contributed by atoms with Crippen molar-refractivity contribution < 1.29 is 4.74 Å². The predicted octanol–water partition coefficient (Wildman–Crippen LogP) is 0.981. The Morgan fingerprint density at radius 1 is 1.59 bits per heavy atom. The van der Waals surface area contributed by atoms with Crippen molar-refractivity contribution in [3.8, 4) is 0 Å². The summed E-state index contributed by atoms with van der Waals surface area (Å²) in [5.74, 6) is 0.994. The third-order valence-electron chi connectivity index (χ3n) is 2.88. The lowest BCUT2D eigenvalue weighted by Gasteiger charge is -2.23. The van der Waals surface area contributed by atoms with Gasteiger partial charge in [0.15, 0.2) is 0 Å². The smallest absolute Gasteiger partial charge is 0.128 e. The Bertz CT molecular complexity index is 386. The molecule has 1 heterocycles. The first-order valence-corrected chi connectivity index (χ1v) is 5.78. The number of pyridine rings is 1. The van der Waals surface area contributed by atoms with Gasteiger partial charge in [-0.1, -0.05) is 0 Å². The van der Waals surface area contributed by atoms with Crippen molar-refractivity contribution in [2.75, 3.05) is 25.2 Å². The summed E-state index contributed by atoms with van der Waals surface area (Å²) in [5.41, 5.74) is 6.07. The number of nitrogens with two attached hydrogens (primary N) is 1. The minimum absolute atomic E-state index is 0.0545. The van der Waals surface area contributed by atoms with Gasteiger partial charge in [0.2, 0.25) is 0 Å². The average Bonchev–Trinajstić information content (AvgIpc) is 3.14. The number of nitrogen functional groups attached to an aromatic ring is 1. The standard InChI is InChI=1S/C12H18N4O/c1-17-7-6-16(10-3-4-10)11-5-2-9(8-15-11)12(13)14/h2,5,8,10H,3-4,6-7H2,1H3,(H3,13,14). The summed E-state index contributed by atoms with van der Waals surface area (Å²) in [7, 11) is 1.71. The minimum atomic E-state index is 0.0545. The second-order valence-electron chi connectivity index (χ2n) is 4.24. The first-order chi connectivity index (χ1) is 8.22. The Morgan fingerprint density at radius 2 is 2.35 bits per heavy atom. The molecule has 1 aromatic heterocycles. The maximum absolute atomic E-state index is 7.33.